The summed E-state index contributed by atoms with van der Waals surface area (Å²) in [7, 11) is 1.61. The molecule has 14 nitrogen and oxygen atoms in total. The Bertz CT molecular complexity index is 2330. The second kappa shape index (κ2) is 19.4. The van der Waals surface area contributed by atoms with Gasteiger partial charge in [0.15, 0.2) is 0 Å². The Kier molecular flexibility index (Phi) is 13.8. The van der Waals surface area contributed by atoms with Gasteiger partial charge < -0.3 is 56.5 Å². The minimum atomic E-state index is -0.271. The number of allylic oxidation sites excluding steroid dienone is 1. The number of amides is 3. The van der Waals surface area contributed by atoms with Gasteiger partial charge in [-0.3, -0.25) is 14.4 Å². The number of nitrogens with one attached hydrogen (secondary N) is 1. The molecular formula is C48H63N9O5. The summed E-state index contributed by atoms with van der Waals surface area (Å²) in [6, 6.07) is 19.6. The molecule has 4 aromatic rings. The van der Waals surface area contributed by atoms with Gasteiger partial charge in [0.25, 0.3) is 5.91 Å². The number of para-hydroxylation sites is 1. The zero-order valence-corrected chi connectivity index (χ0v) is 36.6. The van der Waals surface area contributed by atoms with Crippen molar-refractivity contribution in [2.75, 3.05) is 70.9 Å². The Balaban J connectivity index is 0.926. The van der Waals surface area contributed by atoms with Crippen molar-refractivity contribution < 1.29 is 24.2 Å². The highest BCUT2D eigenvalue weighted by Gasteiger charge is 2.31. The zero-order chi connectivity index (χ0) is 44.1. The van der Waals surface area contributed by atoms with Gasteiger partial charge in [0, 0.05) is 99.8 Å². The van der Waals surface area contributed by atoms with E-state index >= 15 is 0 Å². The monoisotopic (exact) mass is 845 g/mol. The number of phenols is 1. The van der Waals surface area contributed by atoms with Crippen molar-refractivity contribution in [1.82, 2.24) is 24.6 Å². The SMILES string of the molecule is CNC(=O)CCN(C=O)c1cccc2c1cc(C)n2C1CCN(CC2CCN(C(=O)c3cc(C)c(C4CN(C(/C=C(\N)c5ccccc5O)=C(N)N)CCO4)cc3C)CC2)CC1. The highest BCUT2D eigenvalue weighted by molar-refractivity contribution is 5.98. The molecule has 4 heterocycles. The van der Waals surface area contributed by atoms with E-state index in [1.807, 2.05) is 36.9 Å². The summed E-state index contributed by atoms with van der Waals surface area (Å²) >= 11 is 0. The van der Waals surface area contributed by atoms with Crippen molar-refractivity contribution in [3.8, 4) is 5.75 Å². The topological polar surface area (TPSA) is 189 Å². The van der Waals surface area contributed by atoms with E-state index in [1.165, 1.54) is 5.69 Å². The van der Waals surface area contributed by atoms with Crippen molar-refractivity contribution in [1.29, 1.82) is 0 Å². The van der Waals surface area contributed by atoms with Crippen molar-refractivity contribution in [3.05, 3.63) is 112 Å². The highest BCUT2D eigenvalue weighted by Crippen LogP contribution is 2.36. The van der Waals surface area contributed by atoms with Crippen molar-refractivity contribution in [2.45, 2.75) is 65.0 Å². The van der Waals surface area contributed by atoms with Crippen LogP contribution in [0.2, 0.25) is 0 Å². The number of carbonyl (C=O) groups is 3. The van der Waals surface area contributed by atoms with Gasteiger partial charge in [-0.1, -0.05) is 24.3 Å². The molecule has 1 atom stereocenters. The zero-order valence-electron chi connectivity index (χ0n) is 36.6. The molecule has 1 aromatic heterocycles. The molecule has 14 heteroatoms. The number of nitrogens with zero attached hydrogens (tertiary/aromatic N) is 5. The lowest BCUT2D eigenvalue weighted by atomic mass is 9.92. The quantitative estimate of drug-likeness (QED) is 0.0904. The van der Waals surface area contributed by atoms with E-state index in [-0.39, 0.29) is 35.9 Å². The lowest BCUT2D eigenvalue weighted by Gasteiger charge is -2.38. The average Bonchev–Trinajstić information content (AvgIpc) is 3.62. The number of piperidine rings is 2. The van der Waals surface area contributed by atoms with Crippen LogP contribution in [0, 0.1) is 26.7 Å². The smallest absolute Gasteiger partial charge is 0.254 e. The summed E-state index contributed by atoms with van der Waals surface area (Å²) in [4.78, 5) is 46.3. The molecule has 0 aliphatic carbocycles. The molecule has 3 amide bonds. The lowest BCUT2D eigenvalue weighted by molar-refractivity contribution is -0.120. The normalized spacial score (nSPS) is 18.2. The first-order valence-electron chi connectivity index (χ1n) is 21.9. The summed E-state index contributed by atoms with van der Waals surface area (Å²) in [6.07, 6.45) is 6.54. The molecule has 3 aliphatic rings. The fourth-order valence-electron chi connectivity index (χ4n) is 9.67. The maximum absolute atomic E-state index is 14.0. The molecule has 0 spiro atoms. The summed E-state index contributed by atoms with van der Waals surface area (Å²) < 4.78 is 8.72. The van der Waals surface area contributed by atoms with Crippen LogP contribution in [0.3, 0.4) is 0 Å². The predicted octanol–water partition coefficient (Wildman–Crippen LogP) is 5.02. The van der Waals surface area contributed by atoms with Gasteiger partial charge in [0.2, 0.25) is 12.3 Å². The number of aromatic hydroxyl groups is 1. The minimum Gasteiger partial charge on any atom is -0.507 e. The summed E-state index contributed by atoms with van der Waals surface area (Å²) in [5.41, 5.74) is 26.9. The molecule has 0 saturated carbocycles. The number of benzene rings is 3. The van der Waals surface area contributed by atoms with Crippen LogP contribution in [0.15, 0.2) is 78.3 Å². The van der Waals surface area contributed by atoms with E-state index < -0.39 is 0 Å². The number of anilines is 1. The number of aromatic nitrogens is 1. The van der Waals surface area contributed by atoms with Crippen LogP contribution in [0.1, 0.15) is 82.6 Å². The van der Waals surface area contributed by atoms with E-state index in [2.05, 4.69) is 44.8 Å². The van der Waals surface area contributed by atoms with Crippen LogP contribution in [0.4, 0.5) is 5.69 Å². The Hall–Kier alpha value is -5.99. The van der Waals surface area contributed by atoms with Gasteiger partial charge in [0.1, 0.15) is 17.7 Å². The number of hydrogen-bond acceptors (Lipinski definition) is 10. The number of fused-ring (bicyclic) bond motifs is 1. The highest BCUT2D eigenvalue weighted by atomic mass is 16.5. The molecule has 0 bridgehead atoms. The number of nitrogens with two attached hydrogens (primary N) is 3. The number of hydrogen-bond donors (Lipinski definition) is 5. The van der Waals surface area contributed by atoms with Gasteiger partial charge in [0.05, 0.1) is 23.5 Å². The number of likely N-dealkylation sites (tertiary alicyclic amines) is 2. The lowest BCUT2D eigenvalue weighted by Crippen LogP contribution is -2.43. The van der Waals surface area contributed by atoms with Crippen LogP contribution >= 0.6 is 0 Å². The largest absolute Gasteiger partial charge is 0.507 e. The summed E-state index contributed by atoms with van der Waals surface area (Å²) in [6.45, 7) is 12.6. The van der Waals surface area contributed by atoms with Gasteiger partial charge in [-0.15, -0.1) is 0 Å². The number of rotatable bonds is 13. The molecule has 3 saturated heterocycles. The molecule has 8 N–H and O–H groups in total. The fourth-order valence-corrected chi connectivity index (χ4v) is 9.67. The third kappa shape index (κ3) is 9.56. The maximum atomic E-state index is 14.0. The van der Waals surface area contributed by atoms with Crippen LogP contribution in [-0.2, 0) is 14.3 Å². The van der Waals surface area contributed by atoms with Crippen molar-refractivity contribution >= 4 is 40.5 Å². The van der Waals surface area contributed by atoms with E-state index in [1.54, 1.807) is 42.3 Å². The first-order chi connectivity index (χ1) is 29.9. The average molecular weight is 846 g/mol. The van der Waals surface area contributed by atoms with Gasteiger partial charge >= 0.3 is 0 Å². The number of morpholine rings is 1. The van der Waals surface area contributed by atoms with Crippen LogP contribution in [-0.4, -0.2) is 109 Å². The Morgan fingerprint density at radius 1 is 0.887 bits per heavy atom. The van der Waals surface area contributed by atoms with E-state index in [4.69, 9.17) is 21.9 Å². The van der Waals surface area contributed by atoms with Crippen molar-refractivity contribution in [3.63, 3.8) is 0 Å². The molecule has 3 fully saturated rings. The molecule has 1 unspecified atom stereocenters. The molecule has 0 radical (unpaired) electrons. The molecular weight excluding hydrogens is 783 g/mol. The second-order valence-corrected chi connectivity index (χ2v) is 17.1. The second-order valence-electron chi connectivity index (χ2n) is 17.1. The number of ether oxygens (including phenoxy) is 1. The Morgan fingerprint density at radius 3 is 2.32 bits per heavy atom. The fraction of sp³-hybridized carbons (Fsp3) is 0.438. The molecule has 3 aliphatic heterocycles. The van der Waals surface area contributed by atoms with E-state index in [0.717, 1.165) is 104 Å². The summed E-state index contributed by atoms with van der Waals surface area (Å²) in [5.74, 6) is 0.723. The van der Waals surface area contributed by atoms with E-state index in [0.29, 0.717) is 55.2 Å². The van der Waals surface area contributed by atoms with Gasteiger partial charge in [-0.05, 0) is 112 Å². The minimum absolute atomic E-state index is 0.0749. The molecule has 7 rings (SSSR count). The number of carbonyl (C=O) groups excluding carboxylic acids is 3. The standard InChI is InChI=1S/C48H63N9O5/c1-31-25-38(32(2)24-37(31)45-29-55(22-23-62-45)43(47(50)51)27-40(49)36-8-5-6-11-44(36)59)48(61)54-19-12-34(13-20-54)28-53-17-14-35(15-18-53)57-33(3)26-39-41(9-7-10-42(39)57)56(30-58)21-16-46(60)52-4/h5-11,24-27,30,34-35,45,59H,12-23,28-29,49-51H2,1-4H3,(H,52,60)/b40-27-. The van der Waals surface area contributed by atoms with Crippen LogP contribution < -0.4 is 27.4 Å². The number of phenolic OH excluding ortho intramolecular Hbond substituents is 1. The van der Waals surface area contributed by atoms with Gasteiger partial charge in [-0.25, -0.2) is 0 Å². The molecule has 330 valence electrons. The number of aryl methyl sites for hydroxylation is 3. The summed E-state index contributed by atoms with van der Waals surface area (Å²) in [5, 5.41) is 14.0. The maximum Gasteiger partial charge on any atom is 0.254 e. The predicted molar refractivity (Wildman–Crippen MR) is 244 cm³/mol. The van der Waals surface area contributed by atoms with Crippen LogP contribution in [0.5, 0.6) is 5.75 Å². The van der Waals surface area contributed by atoms with Crippen molar-refractivity contribution in [2.24, 2.45) is 23.1 Å². The Morgan fingerprint density at radius 2 is 1.63 bits per heavy atom. The third-order valence-electron chi connectivity index (χ3n) is 13.1. The first-order valence-corrected chi connectivity index (χ1v) is 21.9. The first kappa shape index (κ1) is 44.1. The van der Waals surface area contributed by atoms with Crippen LogP contribution in [0.25, 0.3) is 16.6 Å². The van der Waals surface area contributed by atoms with E-state index in [9.17, 15) is 19.5 Å². The molecule has 62 heavy (non-hydrogen) atoms. The third-order valence-corrected chi connectivity index (χ3v) is 13.1. The molecule has 3 aromatic carbocycles. The van der Waals surface area contributed by atoms with Gasteiger partial charge in [-0.2, -0.15) is 0 Å². The Labute approximate surface area is 364 Å².